The van der Waals surface area contributed by atoms with E-state index in [-0.39, 0.29) is 11.9 Å². The van der Waals surface area contributed by atoms with Crippen LogP contribution in [0, 0.1) is 0 Å². The molecule has 0 radical (unpaired) electrons. The highest BCUT2D eigenvalue weighted by molar-refractivity contribution is 7.09. The molecule has 2 aromatic rings. The number of rotatable bonds is 3. The average Bonchev–Trinajstić information content (AvgIpc) is 2.97. The molecule has 1 amide bonds. The molecular formula is C14H15N3OS. The first-order chi connectivity index (χ1) is 9.33. The van der Waals surface area contributed by atoms with E-state index in [2.05, 4.69) is 27.8 Å². The van der Waals surface area contributed by atoms with Gasteiger partial charge in [0, 0.05) is 17.6 Å². The lowest BCUT2D eigenvalue weighted by atomic mass is 9.95. The van der Waals surface area contributed by atoms with Gasteiger partial charge in [-0.05, 0) is 17.5 Å². The van der Waals surface area contributed by atoms with Crippen LogP contribution in [0.25, 0.3) is 0 Å². The third kappa shape index (κ3) is 2.83. The number of hydrogen-bond acceptors (Lipinski definition) is 4. The zero-order valence-corrected chi connectivity index (χ0v) is 11.2. The monoisotopic (exact) mass is 273 g/mol. The van der Waals surface area contributed by atoms with E-state index in [4.69, 9.17) is 0 Å². The molecule has 19 heavy (non-hydrogen) atoms. The highest BCUT2D eigenvalue weighted by Crippen LogP contribution is 2.16. The van der Waals surface area contributed by atoms with Crippen molar-refractivity contribution in [1.82, 2.24) is 15.6 Å². The second-order valence-electron chi connectivity index (χ2n) is 4.59. The van der Waals surface area contributed by atoms with E-state index in [0.717, 1.165) is 17.8 Å². The minimum atomic E-state index is -0.136. The SMILES string of the molecule is O=C(NCc1cncs1)C1Cc2ccccc2CN1. The molecule has 0 saturated carbocycles. The maximum Gasteiger partial charge on any atom is 0.237 e. The molecule has 1 atom stereocenters. The lowest BCUT2D eigenvalue weighted by Gasteiger charge is -2.25. The Morgan fingerprint density at radius 3 is 3.05 bits per heavy atom. The summed E-state index contributed by atoms with van der Waals surface area (Å²) in [6.07, 6.45) is 2.54. The molecule has 0 bridgehead atoms. The van der Waals surface area contributed by atoms with Crippen molar-refractivity contribution in [3.8, 4) is 0 Å². The predicted molar refractivity (Wildman–Crippen MR) is 74.7 cm³/mol. The Morgan fingerprint density at radius 1 is 1.42 bits per heavy atom. The number of nitrogens with zero attached hydrogens (tertiary/aromatic N) is 1. The lowest BCUT2D eigenvalue weighted by molar-refractivity contribution is -0.123. The van der Waals surface area contributed by atoms with E-state index < -0.39 is 0 Å². The van der Waals surface area contributed by atoms with Crippen molar-refractivity contribution in [3.63, 3.8) is 0 Å². The molecule has 0 spiro atoms. The van der Waals surface area contributed by atoms with Gasteiger partial charge in [-0.3, -0.25) is 9.78 Å². The second-order valence-corrected chi connectivity index (χ2v) is 5.56. The van der Waals surface area contributed by atoms with Gasteiger partial charge in [0.1, 0.15) is 0 Å². The molecule has 1 aliphatic heterocycles. The smallest absolute Gasteiger partial charge is 0.237 e. The molecule has 0 fully saturated rings. The first kappa shape index (κ1) is 12.3. The van der Waals surface area contributed by atoms with Gasteiger partial charge in [-0.15, -0.1) is 11.3 Å². The molecule has 1 unspecified atom stereocenters. The fourth-order valence-electron chi connectivity index (χ4n) is 2.27. The minimum Gasteiger partial charge on any atom is -0.350 e. The first-order valence-corrected chi connectivity index (χ1v) is 7.16. The zero-order valence-electron chi connectivity index (χ0n) is 10.4. The molecule has 0 saturated heterocycles. The van der Waals surface area contributed by atoms with E-state index in [1.54, 1.807) is 23.0 Å². The van der Waals surface area contributed by atoms with Crippen LogP contribution >= 0.6 is 11.3 Å². The molecule has 1 aliphatic rings. The van der Waals surface area contributed by atoms with Crippen molar-refractivity contribution in [2.75, 3.05) is 0 Å². The van der Waals surface area contributed by atoms with Crippen molar-refractivity contribution in [3.05, 3.63) is 52.0 Å². The van der Waals surface area contributed by atoms with Gasteiger partial charge in [-0.25, -0.2) is 0 Å². The first-order valence-electron chi connectivity index (χ1n) is 6.28. The van der Waals surface area contributed by atoms with Crippen LogP contribution in [0.2, 0.25) is 0 Å². The Labute approximate surface area is 115 Å². The largest absolute Gasteiger partial charge is 0.350 e. The van der Waals surface area contributed by atoms with E-state index in [9.17, 15) is 4.79 Å². The van der Waals surface area contributed by atoms with Crippen LogP contribution in [0.5, 0.6) is 0 Å². The second kappa shape index (κ2) is 5.50. The van der Waals surface area contributed by atoms with E-state index in [1.807, 2.05) is 12.1 Å². The lowest BCUT2D eigenvalue weighted by Crippen LogP contribution is -2.47. The third-order valence-corrected chi connectivity index (χ3v) is 4.10. The number of thiazole rings is 1. The van der Waals surface area contributed by atoms with Gasteiger partial charge in [0.2, 0.25) is 5.91 Å². The normalized spacial score (nSPS) is 17.8. The molecule has 4 nitrogen and oxygen atoms in total. The van der Waals surface area contributed by atoms with Crippen molar-refractivity contribution in [2.45, 2.75) is 25.6 Å². The number of carbonyl (C=O) groups is 1. The summed E-state index contributed by atoms with van der Waals surface area (Å²) in [4.78, 5) is 17.2. The summed E-state index contributed by atoms with van der Waals surface area (Å²) >= 11 is 1.55. The summed E-state index contributed by atoms with van der Waals surface area (Å²) in [6, 6.07) is 8.12. The standard InChI is InChI=1S/C14H15N3OS/c18-14(17-8-12-7-15-9-19-12)13-5-10-3-1-2-4-11(10)6-16-13/h1-4,7,9,13,16H,5-6,8H2,(H,17,18). The minimum absolute atomic E-state index is 0.0582. The van der Waals surface area contributed by atoms with Crippen LogP contribution in [0.3, 0.4) is 0 Å². The van der Waals surface area contributed by atoms with Gasteiger partial charge in [0.25, 0.3) is 0 Å². The predicted octanol–water partition coefficient (Wildman–Crippen LogP) is 1.47. The van der Waals surface area contributed by atoms with Crippen molar-refractivity contribution < 1.29 is 4.79 Å². The molecule has 3 rings (SSSR count). The summed E-state index contributed by atoms with van der Waals surface area (Å²) in [6.45, 7) is 1.32. The summed E-state index contributed by atoms with van der Waals surface area (Å²) in [5.74, 6) is 0.0582. The molecule has 0 aliphatic carbocycles. The Hall–Kier alpha value is -1.72. The van der Waals surface area contributed by atoms with E-state index in [1.165, 1.54) is 11.1 Å². The van der Waals surface area contributed by atoms with Crippen molar-refractivity contribution in [2.24, 2.45) is 0 Å². The Kier molecular flexibility index (Phi) is 3.57. The number of benzene rings is 1. The quantitative estimate of drug-likeness (QED) is 0.890. The van der Waals surface area contributed by atoms with Crippen LogP contribution in [0.15, 0.2) is 36.0 Å². The topological polar surface area (TPSA) is 54.0 Å². The van der Waals surface area contributed by atoms with Gasteiger partial charge in [-0.2, -0.15) is 0 Å². The highest BCUT2D eigenvalue weighted by Gasteiger charge is 2.23. The van der Waals surface area contributed by atoms with Crippen LogP contribution in [0.1, 0.15) is 16.0 Å². The van der Waals surface area contributed by atoms with Crippen LogP contribution in [-0.4, -0.2) is 16.9 Å². The number of amides is 1. The maximum atomic E-state index is 12.1. The van der Waals surface area contributed by atoms with Gasteiger partial charge in [0.15, 0.2) is 0 Å². The molecule has 2 heterocycles. The van der Waals surface area contributed by atoms with Gasteiger partial charge in [-0.1, -0.05) is 24.3 Å². The van der Waals surface area contributed by atoms with Crippen LogP contribution in [-0.2, 0) is 24.3 Å². The van der Waals surface area contributed by atoms with Crippen molar-refractivity contribution >= 4 is 17.2 Å². The van der Waals surface area contributed by atoms with Crippen LogP contribution in [0.4, 0.5) is 0 Å². The molecule has 2 N–H and O–H groups in total. The van der Waals surface area contributed by atoms with E-state index >= 15 is 0 Å². The summed E-state index contributed by atoms with van der Waals surface area (Å²) < 4.78 is 0. The zero-order chi connectivity index (χ0) is 13.1. The van der Waals surface area contributed by atoms with E-state index in [0.29, 0.717) is 6.54 Å². The van der Waals surface area contributed by atoms with Gasteiger partial charge in [0.05, 0.1) is 18.1 Å². The molecule has 1 aromatic heterocycles. The summed E-state index contributed by atoms with van der Waals surface area (Å²) in [5.41, 5.74) is 4.32. The Balaban J connectivity index is 1.60. The molecular weight excluding hydrogens is 258 g/mol. The number of fused-ring (bicyclic) bond motifs is 1. The average molecular weight is 273 g/mol. The number of carbonyl (C=O) groups excluding carboxylic acids is 1. The summed E-state index contributed by atoms with van der Waals surface area (Å²) in [7, 11) is 0. The highest BCUT2D eigenvalue weighted by atomic mass is 32.1. The summed E-state index contributed by atoms with van der Waals surface area (Å²) in [5, 5.41) is 6.24. The van der Waals surface area contributed by atoms with Gasteiger partial charge >= 0.3 is 0 Å². The van der Waals surface area contributed by atoms with Crippen molar-refractivity contribution in [1.29, 1.82) is 0 Å². The number of nitrogens with one attached hydrogen (secondary N) is 2. The Morgan fingerprint density at radius 2 is 2.26 bits per heavy atom. The fourth-order valence-corrected chi connectivity index (χ4v) is 2.80. The molecule has 1 aromatic carbocycles. The van der Waals surface area contributed by atoms with Crippen LogP contribution < -0.4 is 10.6 Å². The third-order valence-electron chi connectivity index (χ3n) is 3.32. The maximum absolute atomic E-state index is 12.1. The molecule has 5 heteroatoms. The number of hydrogen-bond donors (Lipinski definition) is 2. The fraction of sp³-hybridized carbons (Fsp3) is 0.286. The molecule has 98 valence electrons. The van der Waals surface area contributed by atoms with Gasteiger partial charge < -0.3 is 10.6 Å². The Bertz CT molecular complexity index is 568. The number of aromatic nitrogens is 1.